The summed E-state index contributed by atoms with van der Waals surface area (Å²) in [5.41, 5.74) is 2.55. The lowest BCUT2D eigenvalue weighted by Crippen LogP contribution is -2.19. The van der Waals surface area contributed by atoms with Gasteiger partial charge in [0, 0.05) is 0 Å². The number of aliphatic hydroxyl groups excluding tert-OH is 1. The highest BCUT2D eigenvalue weighted by Crippen LogP contribution is 2.35. The summed E-state index contributed by atoms with van der Waals surface area (Å²) in [7, 11) is 0. The normalized spacial score (nSPS) is 27.4. The Labute approximate surface area is 175 Å². The fraction of sp³-hybridized carbons (Fsp3) is 0.846. The van der Waals surface area contributed by atoms with E-state index in [0.29, 0.717) is 0 Å². The van der Waals surface area contributed by atoms with Crippen molar-refractivity contribution in [1.82, 2.24) is 0 Å². The molecule has 0 heterocycles. The van der Waals surface area contributed by atoms with Gasteiger partial charge in [-0.25, -0.2) is 0 Å². The molecule has 2 saturated carbocycles. The molecule has 2 fully saturated rings. The maximum Gasteiger partial charge on any atom is 0.0591 e. The Morgan fingerprint density at radius 1 is 1.04 bits per heavy atom. The molecule has 0 radical (unpaired) electrons. The van der Waals surface area contributed by atoms with Crippen molar-refractivity contribution in [1.29, 1.82) is 0 Å². The van der Waals surface area contributed by atoms with Crippen molar-refractivity contribution in [2.45, 2.75) is 130 Å². The third-order valence-corrected chi connectivity index (χ3v) is 6.39. The molecule has 0 bridgehead atoms. The standard InChI is InChI=1S/C24H42O2.C2H6/c1-4-19(11-7-15-24(2,3)26)16-22-10-5-8-20(17-22)13-14-21-9-6-12-23(25)18-21;1-2/h13-14,19,22-23,25-26H,4-12,15-18H2,1-3H3;1-2H3/b20-13-,21-14+;/t19?,22-,23?;/m0./s1. The minimum Gasteiger partial charge on any atom is -0.393 e. The van der Waals surface area contributed by atoms with E-state index in [1.807, 2.05) is 27.7 Å². The molecule has 3 atom stereocenters. The van der Waals surface area contributed by atoms with Gasteiger partial charge in [0.15, 0.2) is 0 Å². The van der Waals surface area contributed by atoms with E-state index in [4.69, 9.17) is 0 Å². The molecule has 28 heavy (non-hydrogen) atoms. The van der Waals surface area contributed by atoms with Gasteiger partial charge in [0.2, 0.25) is 0 Å². The van der Waals surface area contributed by atoms with Crippen LogP contribution in [0, 0.1) is 11.8 Å². The second-order valence-corrected chi connectivity index (χ2v) is 9.58. The van der Waals surface area contributed by atoms with Gasteiger partial charge in [-0.1, -0.05) is 63.3 Å². The van der Waals surface area contributed by atoms with Crippen LogP contribution in [0.4, 0.5) is 0 Å². The van der Waals surface area contributed by atoms with Crippen molar-refractivity contribution >= 4 is 0 Å². The smallest absolute Gasteiger partial charge is 0.0591 e. The van der Waals surface area contributed by atoms with Crippen LogP contribution in [0.2, 0.25) is 0 Å². The van der Waals surface area contributed by atoms with Crippen LogP contribution in [-0.2, 0) is 0 Å². The molecular formula is C26H48O2. The van der Waals surface area contributed by atoms with Gasteiger partial charge in [-0.2, -0.15) is 0 Å². The van der Waals surface area contributed by atoms with Crippen LogP contribution in [0.25, 0.3) is 0 Å². The monoisotopic (exact) mass is 392 g/mol. The van der Waals surface area contributed by atoms with Gasteiger partial charge in [-0.05, 0) is 89.9 Å². The predicted molar refractivity (Wildman–Crippen MR) is 122 cm³/mol. The fourth-order valence-corrected chi connectivity index (χ4v) is 4.79. The first kappa shape index (κ1) is 25.4. The summed E-state index contributed by atoms with van der Waals surface area (Å²) < 4.78 is 0. The van der Waals surface area contributed by atoms with E-state index in [9.17, 15) is 10.2 Å². The van der Waals surface area contributed by atoms with Crippen LogP contribution >= 0.6 is 0 Å². The van der Waals surface area contributed by atoms with Crippen molar-refractivity contribution in [2.75, 3.05) is 0 Å². The van der Waals surface area contributed by atoms with Gasteiger partial charge < -0.3 is 10.2 Å². The molecule has 2 heteroatoms. The average molecular weight is 393 g/mol. The average Bonchev–Trinajstić information content (AvgIpc) is 2.67. The Balaban J connectivity index is 0.00000190. The Hall–Kier alpha value is -0.600. The first-order valence-corrected chi connectivity index (χ1v) is 12.1. The Kier molecular flexibility index (Phi) is 12.3. The second kappa shape index (κ2) is 13.6. The van der Waals surface area contributed by atoms with Crippen molar-refractivity contribution in [3.63, 3.8) is 0 Å². The van der Waals surface area contributed by atoms with Gasteiger partial charge in [-0.15, -0.1) is 0 Å². The summed E-state index contributed by atoms with van der Waals surface area (Å²) in [4.78, 5) is 0. The van der Waals surface area contributed by atoms with E-state index in [-0.39, 0.29) is 6.10 Å². The Bertz CT molecular complexity index is 469. The number of aliphatic hydroxyl groups is 2. The van der Waals surface area contributed by atoms with Crippen LogP contribution in [0.1, 0.15) is 118 Å². The van der Waals surface area contributed by atoms with Gasteiger partial charge in [0.1, 0.15) is 0 Å². The fourth-order valence-electron chi connectivity index (χ4n) is 4.79. The summed E-state index contributed by atoms with van der Waals surface area (Å²) in [6, 6.07) is 0. The van der Waals surface area contributed by atoms with Crippen LogP contribution in [-0.4, -0.2) is 21.9 Å². The molecule has 0 aromatic heterocycles. The minimum absolute atomic E-state index is 0.110. The molecule has 2 unspecified atom stereocenters. The zero-order valence-electron chi connectivity index (χ0n) is 19.5. The Morgan fingerprint density at radius 2 is 1.64 bits per heavy atom. The summed E-state index contributed by atoms with van der Waals surface area (Å²) in [5, 5.41) is 19.7. The predicted octanol–water partition coefficient (Wildman–Crippen LogP) is 7.35. The van der Waals surface area contributed by atoms with Crippen LogP contribution < -0.4 is 0 Å². The van der Waals surface area contributed by atoms with Gasteiger partial charge in [0.05, 0.1) is 11.7 Å². The maximum absolute atomic E-state index is 9.91. The molecule has 2 nitrogen and oxygen atoms in total. The first-order valence-electron chi connectivity index (χ1n) is 12.1. The highest BCUT2D eigenvalue weighted by molar-refractivity contribution is 5.20. The van der Waals surface area contributed by atoms with Crippen molar-refractivity contribution in [3.8, 4) is 0 Å². The van der Waals surface area contributed by atoms with E-state index in [1.54, 1.807) is 5.57 Å². The lowest BCUT2D eigenvalue weighted by atomic mass is 9.78. The SMILES string of the molecule is CC.CCC(CCCC(C)(C)O)C[C@@H]1CCC/C(=C/C=C2\CCCC(O)C2)C1. The summed E-state index contributed by atoms with van der Waals surface area (Å²) >= 11 is 0. The third kappa shape index (κ3) is 10.8. The lowest BCUT2D eigenvalue weighted by Gasteiger charge is -2.28. The molecule has 2 N–H and O–H groups in total. The number of allylic oxidation sites excluding steroid dienone is 3. The second-order valence-electron chi connectivity index (χ2n) is 9.58. The zero-order chi connectivity index (χ0) is 21.0. The van der Waals surface area contributed by atoms with Crippen molar-refractivity contribution < 1.29 is 10.2 Å². The summed E-state index contributed by atoms with van der Waals surface area (Å²) in [6.07, 6.45) is 20.0. The molecule has 0 saturated heterocycles. The van der Waals surface area contributed by atoms with E-state index < -0.39 is 5.60 Å². The highest BCUT2D eigenvalue weighted by Gasteiger charge is 2.21. The molecule has 0 aromatic rings. The van der Waals surface area contributed by atoms with E-state index in [1.165, 1.54) is 56.9 Å². The number of rotatable bonds is 8. The summed E-state index contributed by atoms with van der Waals surface area (Å²) in [6.45, 7) is 10.2. The van der Waals surface area contributed by atoms with E-state index >= 15 is 0 Å². The Morgan fingerprint density at radius 3 is 2.21 bits per heavy atom. The maximum atomic E-state index is 9.91. The van der Waals surface area contributed by atoms with Gasteiger partial charge in [-0.3, -0.25) is 0 Å². The lowest BCUT2D eigenvalue weighted by molar-refractivity contribution is 0.0662. The molecule has 0 amide bonds. The highest BCUT2D eigenvalue weighted by atomic mass is 16.3. The molecule has 2 rings (SSSR count). The van der Waals surface area contributed by atoms with E-state index in [2.05, 4.69) is 19.1 Å². The number of hydrogen-bond donors (Lipinski definition) is 2. The molecular weight excluding hydrogens is 344 g/mol. The molecule has 164 valence electrons. The molecule has 2 aliphatic carbocycles. The van der Waals surface area contributed by atoms with E-state index in [0.717, 1.165) is 43.9 Å². The van der Waals surface area contributed by atoms with Crippen molar-refractivity contribution in [2.24, 2.45) is 11.8 Å². The molecule has 0 aliphatic heterocycles. The van der Waals surface area contributed by atoms with Crippen molar-refractivity contribution in [3.05, 3.63) is 23.3 Å². The van der Waals surface area contributed by atoms with Crippen LogP contribution in [0.3, 0.4) is 0 Å². The number of hydrogen-bond acceptors (Lipinski definition) is 2. The van der Waals surface area contributed by atoms with Gasteiger partial charge >= 0.3 is 0 Å². The molecule has 2 aliphatic rings. The molecule has 0 spiro atoms. The molecule has 0 aromatic carbocycles. The van der Waals surface area contributed by atoms with Gasteiger partial charge in [0.25, 0.3) is 0 Å². The summed E-state index contributed by atoms with van der Waals surface area (Å²) in [5.74, 6) is 1.66. The minimum atomic E-state index is -0.515. The largest absolute Gasteiger partial charge is 0.393 e. The third-order valence-electron chi connectivity index (χ3n) is 6.39. The van der Waals surface area contributed by atoms with Crippen LogP contribution in [0.5, 0.6) is 0 Å². The quantitative estimate of drug-likeness (QED) is 0.453. The van der Waals surface area contributed by atoms with Crippen LogP contribution in [0.15, 0.2) is 23.3 Å². The first-order chi connectivity index (χ1) is 13.4. The zero-order valence-corrected chi connectivity index (χ0v) is 19.5. The topological polar surface area (TPSA) is 40.5 Å².